The van der Waals surface area contributed by atoms with E-state index in [1.807, 2.05) is 0 Å². The van der Waals surface area contributed by atoms with Gasteiger partial charge in [0.05, 0.1) is 0 Å². The minimum Gasteiger partial charge on any atom is -0.396 e. The normalized spacial score (nSPS) is 33.8. The summed E-state index contributed by atoms with van der Waals surface area (Å²) < 4.78 is 0. The molecular weight excluding hydrogens is 330 g/mol. The largest absolute Gasteiger partial charge is 0.396 e. The van der Waals surface area contributed by atoms with Crippen molar-refractivity contribution in [1.29, 1.82) is 0 Å². The zero-order valence-corrected chi connectivity index (χ0v) is 15.9. The molecule has 5 atom stereocenters. The molecule has 2 heteroatoms. The topological polar surface area (TPSA) is 23.5 Å². The summed E-state index contributed by atoms with van der Waals surface area (Å²) in [5.74, 6) is 1.87. The van der Waals surface area contributed by atoms with Crippen LogP contribution >= 0.6 is 0 Å². The van der Waals surface area contributed by atoms with Crippen LogP contribution in [-0.2, 0) is 0 Å². The van der Waals surface area contributed by atoms with Crippen molar-refractivity contribution in [3.05, 3.63) is 65.7 Å². The van der Waals surface area contributed by atoms with Crippen LogP contribution in [0.4, 0.5) is 0 Å². The lowest BCUT2D eigenvalue weighted by Crippen LogP contribution is -2.57. The van der Waals surface area contributed by atoms with E-state index in [4.69, 9.17) is 0 Å². The van der Waals surface area contributed by atoms with Crippen LogP contribution in [0.1, 0.15) is 31.2 Å². The number of fused-ring (bicyclic) bond motifs is 2. The van der Waals surface area contributed by atoms with Crippen LogP contribution in [0, 0.1) is 17.8 Å². The van der Waals surface area contributed by atoms with E-state index in [-0.39, 0.29) is 0 Å². The molecule has 140 valence electrons. The molecule has 2 nitrogen and oxygen atoms in total. The van der Waals surface area contributed by atoms with E-state index in [1.165, 1.54) is 54.5 Å². The van der Waals surface area contributed by atoms with Crippen LogP contribution in [0.3, 0.4) is 0 Å². The van der Waals surface area contributed by atoms with Crippen LogP contribution in [0.2, 0.25) is 0 Å². The molecule has 1 saturated carbocycles. The summed E-state index contributed by atoms with van der Waals surface area (Å²) in [6.07, 6.45) is 7.64. The highest BCUT2D eigenvalue weighted by Gasteiger charge is 2.45. The first kappa shape index (κ1) is 17.2. The molecule has 4 unspecified atom stereocenters. The van der Waals surface area contributed by atoms with Crippen molar-refractivity contribution >= 4 is 6.08 Å². The lowest BCUT2D eigenvalue weighted by Gasteiger charge is -2.53. The summed E-state index contributed by atoms with van der Waals surface area (Å²) in [7, 11) is 0. The predicted octanol–water partition coefficient (Wildman–Crippen LogP) is 4.85. The third kappa shape index (κ3) is 3.26. The Hall–Kier alpha value is -1.90. The molecule has 4 aliphatic heterocycles. The third-order valence-electron chi connectivity index (χ3n) is 7.17. The Bertz CT molecular complexity index is 810. The van der Waals surface area contributed by atoms with Gasteiger partial charge < -0.3 is 5.11 Å². The van der Waals surface area contributed by atoms with Gasteiger partial charge in [0.2, 0.25) is 0 Å². The monoisotopic (exact) mass is 359 g/mol. The second kappa shape index (κ2) is 7.26. The minimum absolute atomic E-state index is 0.334. The Morgan fingerprint density at radius 1 is 0.889 bits per heavy atom. The van der Waals surface area contributed by atoms with E-state index in [0.29, 0.717) is 24.5 Å². The molecule has 5 fully saturated rings. The van der Waals surface area contributed by atoms with E-state index < -0.39 is 0 Å². The minimum atomic E-state index is 0.334. The van der Waals surface area contributed by atoms with Gasteiger partial charge >= 0.3 is 0 Å². The van der Waals surface area contributed by atoms with Gasteiger partial charge in [-0.15, -0.1) is 0 Å². The predicted molar refractivity (Wildman–Crippen MR) is 111 cm³/mol. The van der Waals surface area contributed by atoms with Gasteiger partial charge in [0.1, 0.15) is 0 Å². The first-order valence-electron chi connectivity index (χ1n) is 10.5. The number of hydrogen-bond acceptors (Lipinski definition) is 2. The van der Waals surface area contributed by atoms with Gasteiger partial charge in [-0.05, 0) is 54.2 Å². The second-order valence-electron chi connectivity index (χ2n) is 8.68. The quantitative estimate of drug-likeness (QED) is 0.847. The molecule has 0 spiro atoms. The summed E-state index contributed by atoms with van der Waals surface area (Å²) in [4.78, 5) is 2.68. The van der Waals surface area contributed by atoms with E-state index in [9.17, 15) is 5.11 Å². The highest BCUT2D eigenvalue weighted by atomic mass is 16.3. The Labute approximate surface area is 162 Å². The highest BCUT2D eigenvalue weighted by Crippen LogP contribution is 2.45. The summed E-state index contributed by atoms with van der Waals surface area (Å²) in [6.45, 7) is 2.67. The fourth-order valence-electron chi connectivity index (χ4n) is 5.78. The molecule has 0 aromatic heterocycles. The van der Waals surface area contributed by atoms with E-state index in [0.717, 1.165) is 12.5 Å². The molecule has 1 N–H and O–H groups in total. The molecule has 4 heterocycles. The molecule has 27 heavy (non-hydrogen) atoms. The second-order valence-corrected chi connectivity index (χ2v) is 8.68. The summed E-state index contributed by atoms with van der Waals surface area (Å²) in [5.41, 5.74) is 5.37. The maximum absolute atomic E-state index is 10.1. The molecule has 4 bridgehead atoms. The highest BCUT2D eigenvalue weighted by molar-refractivity contribution is 5.66. The van der Waals surface area contributed by atoms with Crippen molar-refractivity contribution in [2.24, 2.45) is 17.8 Å². The van der Waals surface area contributed by atoms with Gasteiger partial charge in [-0.25, -0.2) is 0 Å². The Kier molecular flexibility index (Phi) is 4.63. The molecule has 5 aliphatic rings. The number of hydrogen-bond donors (Lipinski definition) is 1. The van der Waals surface area contributed by atoms with Gasteiger partial charge in [0.25, 0.3) is 0 Å². The maximum Gasteiger partial charge on any atom is 0.0480 e. The van der Waals surface area contributed by atoms with Crippen LogP contribution in [0.15, 0.2) is 60.2 Å². The lowest BCUT2D eigenvalue weighted by molar-refractivity contribution is -0.0193. The number of piperidine rings is 2. The molecule has 2 aromatic rings. The van der Waals surface area contributed by atoms with E-state index in [1.54, 1.807) is 0 Å². The maximum atomic E-state index is 10.1. The lowest BCUT2D eigenvalue weighted by atomic mass is 9.66. The third-order valence-corrected chi connectivity index (χ3v) is 7.17. The zero-order chi connectivity index (χ0) is 18.2. The van der Waals surface area contributed by atoms with Gasteiger partial charge in [0.15, 0.2) is 0 Å². The average molecular weight is 360 g/mol. The average Bonchev–Trinajstić information content (AvgIpc) is 2.70. The summed E-state index contributed by atoms with van der Waals surface area (Å²) in [5, 5.41) is 10.1. The van der Waals surface area contributed by atoms with E-state index >= 15 is 0 Å². The van der Waals surface area contributed by atoms with Crippen molar-refractivity contribution in [2.75, 3.05) is 19.7 Å². The van der Waals surface area contributed by atoms with Crippen molar-refractivity contribution in [3.8, 4) is 11.1 Å². The SMILES string of the molecule is OC[C@@H]1C2CCC3CCC1N(C/C2=C\c1ccc(-c2ccccc2)cc1)C3. The summed E-state index contributed by atoms with van der Waals surface area (Å²) >= 11 is 0. The van der Waals surface area contributed by atoms with Crippen LogP contribution < -0.4 is 0 Å². The molecule has 0 radical (unpaired) electrons. The number of rotatable bonds is 3. The Morgan fingerprint density at radius 3 is 2.41 bits per heavy atom. The van der Waals surface area contributed by atoms with Crippen LogP contribution in [-0.4, -0.2) is 35.7 Å². The molecule has 1 aliphatic carbocycles. The molecule has 2 aromatic carbocycles. The molecule has 7 rings (SSSR count). The number of nitrogens with zero attached hydrogens (tertiary/aromatic N) is 1. The summed E-state index contributed by atoms with van der Waals surface area (Å²) in [6, 6.07) is 20.1. The smallest absolute Gasteiger partial charge is 0.0480 e. The number of aliphatic hydroxyl groups excluding tert-OH is 1. The molecule has 4 saturated heterocycles. The number of benzene rings is 2. The number of aliphatic hydroxyl groups is 1. The van der Waals surface area contributed by atoms with Crippen LogP contribution in [0.5, 0.6) is 0 Å². The van der Waals surface area contributed by atoms with Crippen LogP contribution in [0.25, 0.3) is 17.2 Å². The fourth-order valence-corrected chi connectivity index (χ4v) is 5.78. The molecule has 0 amide bonds. The van der Waals surface area contributed by atoms with Crippen molar-refractivity contribution in [3.63, 3.8) is 0 Å². The van der Waals surface area contributed by atoms with Gasteiger partial charge in [-0.1, -0.05) is 66.2 Å². The van der Waals surface area contributed by atoms with Gasteiger partial charge in [-0.2, -0.15) is 0 Å². The van der Waals surface area contributed by atoms with Gasteiger partial charge in [-0.3, -0.25) is 4.90 Å². The van der Waals surface area contributed by atoms with E-state index in [2.05, 4.69) is 65.6 Å². The first-order chi connectivity index (χ1) is 13.3. The molecular formula is C25H29NO. The Morgan fingerprint density at radius 2 is 1.63 bits per heavy atom. The van der Waals surface area contributed by atoms with Crippen molar-refractivity contribution in [1.82, 2.24) is 4.90 Å². The zero-order valence-electron chi connectivity index (χ0n) is 15.9. The van der Waals surface area contributed by atoms with Gasteiger partial charge in [0, 0.05) is 31.7 Å². The fraction of sp³-hybridized carbons (Fsp3) is 0.440. The first-order valence-corrected chi connectivity index (χ1v) is 10.5. The van der Waals surface area contributed by atoms with Crippen molar-refractivity contribution < 1.29 is 5.11 Å². The standard InChI is InChI=1S/C25H29NO/c27-17-24-23-12-8-19-9-13-25(24)26(15-19)16-22(23)14-18-6-10-21(11-7-18)20-4-2-1-3-5-20/h1-7,10-11,14,19,23-25,27H,8-9,12-13,15-17H2/b22-14+/t19?,23?,24-,25?/m1/s1. The Balaban J connectivity index is 1.43. The van der Waals surface area contributed by atoms with Crippen molar-refractivity contribution in [2.45, 2.75) is 31.7 Å².